The van der Waals surface area contributed by atoms with E-state index in [0.717, 1.165) is 17.1 Å². The molecule has 0 aliphatic heterocycles. The maximum atomic E-state index is 5.49. The van der Waals surface area contributed by atoms with Gasteiger partial charge in [0, 0.05) is 23.4 Å². The van der Waals surface area contributed by atoms with E-state index in [-0.39, 0.29) is 0 Å². The number of aromatic nitrogens is 2. The lowest BCUT2D eigenvalue weighted by molar-refractivity contribution is 0.340. The van der Waals surface area contributed by atoms with Crippen LogP contribution in [0.1, 0.15) is 31.4 Å². The van der Waals surface area contributed by atoms with Gasteiger partial charge in [0.1, 0.15) is 11.6 Å². The van der Waals surface area contributed by atoms with Crippen molar-refractivity contribution >= 4 is 0 Å². The minimum atomic E-state index is 0.689. The first-order valence-electron chi connectivity index (χ1n) is 6.15. The van der Waals surface area contributed by atoms with E-state index < -0.39 is 0 Å². The van der Waals surface area contributed by atoms with Crippen molar-refractivity contribution in [3.05, 3.63) is 36.2 Å². The van der Waals surface area contributed by atoms with Crippen LogP contribution < -0.4 is 4.74 Å². The molecule has 0 saturated heterocycles. The minimum absolute atomic E-state index is 0.689. The normalized spacial score (nSPS) is 14.9. The zero-order chi connectivity index (χ0) is 11.7. The molecule has 17 heavy (non-hydrogen) atoms. The van der Waals surface area contributed by atoms with Gasteiger partial charge in [-0.25, -0.2) is 4.98 Å². The first kappa shape index (κ1) is 10.4. The summed E-state index contributed by atoms with van der Waals surface area (Å²) in [5.74, 6) is 2.55. The number of hydrogen-bond donors (Lipinski definition) is 1. The summed E-state index contributed by atoms with van der Waals surface area (Å²) in [5, 5.41) is 0. The van der Waals surface area contributed by atoms with Crippen LogP contribution in [0.25, 0.3) is 11.4 Å². The molecule has 1 aromatic heterocycles. The Morgan fingerprint density at radius 1 is 1.41 bits per heavy atom. The highest BCUT2D eigenvalue weighted by Gasteiger charge is 2.25. The van der Waals surface area contributed by atoms with Gasteiger partial charge in [-0.15, -0.1) is 0 Å². The Morgan fingerprint density at radius 2 is 2.29 bits per heavy atom. The fraction of sp³-hybridized carbons (Fsp3) is 0.357. The number of benzene rings is 1. The summed E-state index contributed by atoms with van der Waals surface area (Å²) in [7, 11) is 0. The number of hydrogen-bond acceptors (Lipinski definition) is 2. The number of ether oxygens (including phenoxy) is 1. The molecule has 1 aliphatic rings. The first-order chi connectivity index (χ1) is 8.36. The van der Waals surface area contributed by atoms with Crippen molar-refractivity contribution < 1.29 is 4.74 Å². The number of aromatic amines is 1. The average Bonchev–Trinajstić information content (AvgIpc) is 3.08. The molecular formula is C14H16N2O. The molecule has 3 nitrogen and oxygen atoms in total. The molecule has 1 aliphatic carbocycles. The molecule has 0 bridgehead atoms. The molecule has 0 amide bonds. The van der Waals surface area contributed by atoms with Crippen LogP contribution in [0.15, 0.2) is 30.5 Å². The van der Waals surface area contributed by atoms with E-state index in [2.05, 4.69) is 16.0 Å². The molecule has 88 valence electrons. The Labute approximate surface area is 101 Å². The van der Waals surface area contributed by atoms with Gasteiger partial charge in [-0.1, -0.05) is 12.1 Å². The fourth-order valence-corrected chi connectivity index (χ4v) is 1.98. The molecule has 0 spiro atoms. The average molecular weight is 228 g/mol. The third kappa shape index (κ3) is 2.18. The minimum Gasteiger partial charge on any atom is -0.494 e. The van der Waals surface area contributed by atoms with Gasteiger partial charge in [0.15, 0.2) is 0 Å². The van der Waals surface area contributed by atoms with Crippen LogP contribution >= 0.6 is 0 Å². The molecule has 1 saturated carbocycles. The number of H-pyrrole nitrogens is 1. The highest BCUT2D eigenvalue weighted by Crippen LogP contribution is 2.39. The predicted molar refractivity (Wildman–Crippen MR) is 67.2 cm³/mol. The van der Waals surface area contributed by atoms with Gasteiger partial charge >= 0.3 is 0 Å². The second-order valence-electron chi connectivity index (χ2n) is 4.42. The number of nitrogens with zero attached hydrogens (tertiary/aromatic N) is 1. The third-order valence-corrected chi connectivity index (χ3v) is 3.03. The van der Waals surface area contributed by atoms with E-state index in [1.807, 2.05) is 31.3 Å². The molecule has 2 aromatic rings. The lowest BCUT2D eigenvalue weighted by Gasteiger charge is -2.04. The van der Waals surface area contributed by atoms with Crippen molar-refractivity contribution in [3.8, 4) is 17.1 Å². The van der Waals surface area contributed by atoms with Gasteiger partial charge in [0.05, 0.1) is 6.61 Å². The van der Waals surface area contributed by atoms with Gasteiger partial charge in [-0.05, 0) is 31.9 Å². The van der Waals surface area contributed by atoms with E-state index in [0.29, 0.717) is 12.5 Å². The molecule has 3 heteroatoms. The Kier molecular flexibility index (Phi) is 2.59. The van der Waals surface area contributed by atoms with Crippen LogP contribution in [0.2, 0.25) is 0 Å². The smallest absolute Gasteiger partial charge is 0.137 e. The number of nitrogens with one attached hydrogen (secondary N) is 1. The highest BCUT2D eigenvalue weighted by atomic mass is 16.5. The van der Waals surface area contributed by atoms with Crippen molar-refractivity contribution in [2.45, 2.75) is 25.7 Å². The summed E-state index contributed by atoms with van der Waals surface area (Å²) in [6.45, 7) is 2.68. The Balaban J connectivity index is 1.88. The number of rotatable bonds is 4. The molecule has 1 heterocycles. The molecule has 0 atom stereocenters. The highest BCUT2D eigenvalue weighted by molar-refractivity contribution is 5.58. The molecule has 3 rings (SSSR count). The molecule has 1 aromatic carbocycles. The first-order valence-corrected chi connectivity index (χ1v) is 6.15. The molecule has 1 fully saturated rings. The van der Waals surface area contributed by atoms with Gasteiger partial charge in [-0.2, -0.15) is 0 Å². The van der Waals surface area contributed by atoms with Crippen LogP contribution in [0.5, 0.6) is 5.75 Å². The summed E-state index contributed by atoms with van der Waals surface area (Å²) in [4.78, 5) is 7.83. The van der Waals surface area contributed by atoms with E-state index in [1.54, 1.807) is 0 Å². The standard InChI is InChI=1S/C14H16N2O/c1-2-17-12-5-3-4-11(8-12)14-15-9-13(16-14)10-6-7-10/h3-5,8-10H,2,6-7H2,1H3,(H,15,16). The molecular weight excluding hydrogens is 212 g/mol. The zero-order valence-electron chi connectivity index (χ0n) is 9.94. The predicted octanol–water partition coefficient (Wildman–Crippen LogP) is 3.35. The molecule has 0 radical (unpaired) electrons. The van der Waals surface area contributed by atoms with Crippen LogP contribution in [0.3, 0.4) is 0 Å². The second kappa shape index (κ2) is 4.24. The van der Waals surface area contributed by atoms with Crippen molar-refractivity contribution in [2.75, 3.05) is 6.61 Å². The molecule has 0 unspecified atom stereocenters. The monoisotopic (exact) mass is 228 g/mol. The van der Waals surface area contributed by atoms with Crippen LogP contribution in [0, 0.1) is 0 Å². The van der Waals surface area contributed by atoms with Crippen molar-refractivity contribution in [1.82, 2.24) is 9.97 Å². The van der Waals surface area contributed by atoms with Crippen molar-refractivity contribution in [2.24, 2.45) is 0 Å². The van der Waals surface area contributed by atoms with E-state index >= 15 is 0 Å². The van der Waals surface area contributed by atoms with E-state index in [9.17, 15) is 0 Å². The maximum absolute atomic E-state index is 5.49. The lowest BCUT2D eigenvalue weighted by atomic mass is 10.2. The summed E-state index contributed by atoms with van der Waals surface area (Å²) in [5.41, 5.74) is 2.35. The van der Waals surface area contributed by atoms with E-state index in [1.165, 1.54) is 18.5 Å². The largest absolute Gasteiger partial charge is 0.494 e. The third-order valence-electron chi connectivity index (χ3n) is 3.03. The number of imidazole rings is 1. The van der Waals surface area contributed by atoms with Crippen molar-refractivity contribution in [3.63, 3.8) is 0 Å². The lowest BCUT2D eigenvalue weighted by Crippen LogP contribution is -1.91. The zero-order valence-corrected chi connectivity index (χ0v) is 9.94. The van der Waals surface area contributed by atoms with E-state index in [4.69, 9.17) is 4.74 Å². The second-order valence-corrected chi connectivity index (χ2v) is 4.42. The quantitative estimate of drug-likeness (QED) is 0.871. The van der Waals surface area contributed by atoms with Crippen LogP contribution in [0.4, 0.5) is 0 Å². The fourth-order valence-electron chi connectivity index (χ4n) is 1.98. The van der Waals surface area contributed by atoms with Crippen LogP contribution in [-0.4, -0.2) is 16.6 Å². The summed E-state index contributed by atoms with van der Waals surface area (Å²) in [6, 6.07) is 8.05. The molecule has 1 N–H and O–H groups in total. The Morgan fingerprint density at radius 3 is 3.06 bits per heavy atom. The summed E-state index contributed by atoms with van der Waals surface area (Å²) < 4.78 is 5.49. The van der Waals surface area contributed by atoms with Gasteiger partial charge < -0.3 is 9.72 Å². The van der Waals surface area contributed by atoms with Crippen LogP contribution in [-0.2, 0) is 0 Å². The Hall–Kier alpha value is -1.77. The van der Waals surface area contributed by atoms with Gasteiger partial charge in [0.25, 0.3) is 0 Å². The summed E-state index contributed by atoms with van der Waals surface area (Å²) in [6.07, 6.45) is 4.54. The summed E-state index contributed by atoms with van der Waals surface area (Å²) >= 11 is 0. The maximum Gasteiger partial charge on any atom is 0.137 e. The SMILES string of the molecule is CCOc1cccc(-c2ncc(C3CC3)[nH]2)c1. The Bertz CT molecular complexity index is 514. The van der Waals surface area contributed by atoms with Gasteiger partial charge in [-0.3, -0.25) is 0 Å². The van der Waals surface area contributed by atoms with Crippen molar-refractivity contribution in [1.29, 1.82) is 0 Å². The van der Waals surface area contributed by atoms with Gasteiger partial charge in [0.2, 0.25) is 0 Å². The topological polar surface area (TPSA) is 37.9 Å².